The van der Waals surface area contributed by atoms with Gasteiger partial charge in [0.1, 0.15) is 0 Å². The summed E-state index contributed by atoms with van der Waals surface area (Å²) in [7, 11) is 4.35. The summed E-state index contributed by atoms with van der Waals surface area (Å²) in [6.07, 6.45) is 5.62. The molecule has 0 heterocycles. The summed E-state index contributed by atoms with van der Waals surface area (Å²) in [5, 5.41) is 0. The number of ether oxygens (including phenoxy) is 4. The van der Waals surface area contributed by atoms with Gasteiger partial charge in [0.05, 0.1) is 50.7 Å². The number of methoxy groups -OCH3 is 4. The third-order valence-electron chi connectivity index (χ3n) is 3.52. The summed E-state index contributed by atoms with van der Waals surface area (Å²) in [6.45, 7) is 0. The molecule has 1 rings (SSSR count). The number of benzene rings is 1. The van der Waals surface area contributed by atoms with E-state index in [2.05, 4.69) is 20.1 Å². The molecule has 0 saturated heterocycles. The van der Waals surface area contributed by atoms with Gasteiger partial charge in [-0.25, -0.2) is 19.2 Å². The van der Waals surface area contributed by atoms with Crippen molar-refractivity contribution in [2.24, 2.45) is 0 Å². The Bertz CT molecular complexity index is 785. The van der Waals surface area contributed by atoms with Gasteiger partial charge in [-0.1, -0.05) is 0 Å². The highest BCUT2D eigenvalue weighted by atomic mass is 16.5. The molecular weight excluding hydrogens is 344 g/mol. The van der Waals surface area contributed by atoms with Crippen molar-refractivity contribution >= 4 is 23.9 Å². The third-order valence-corrected chi connectivity index (χ3v) is 3.52. The maximum Gasteiger partial charge on any atom is 0.339 e. The van der Waals surface area contributed by atoms with E-state index in [1.807, 2.05) is 0 Å². The fourth-order valence-electron chi connectivity index (χ4n) is 2.37. The second-order valence-corrected chi connectivity index (χ2v) is 4.88. The number of rotatable bonds is 6. The summed E-state index contributed by atoms with van der Waals surface area (Å²) in [5.74, 6) is -1.42. The van der Waals surface area contributed by atoms with E-state index in [0.29, 0.717) is 0 Å². The summed E-state index contributed by atoms with van der Waals surface area (Å²) in [5.41, 5.74) is -1.12. The van der Waals surface area contributed by atoms with Gasteiger partial charge in [0.15, 0.2) is 0 Å². The molecular formula is C18H18O8. The van der Waals surface area contributed by atoms with Crippen molar-refractivity contribution in [2.45, 2.75) is 12.8 Å². The number of aryl methyl sites for hydroxylation is 1. The van der Waals surface area contributed by atoms with Crippen LogP contribution in [0.3, 0.4) is 0 Å². The maximum absolute atomic E-state index is 12.4. The topological polar surface area (TPSA) is 105 Å². The first-order chi connectivity index (χ1) is 12.4. The quantitative estimate of drug-likeness (QED) is 0.425. The van der Waals surface area contributed by atoms with Gasteiger partial charge in [-0.3, -0.25) is 0 Å². The molecule has 0 saturated carbocycles. The van der Waals surface area contributed by atoms with Gasteiger partial charge in [0, 0.05) is 6.42 Å². The van der Waals surface area contributed by atoms with E-state index in [9.17, 15) is 19.2 Å². The molecule has 1 aromatic rings. The molecule has 8 nitrogen and oxygen atoms in total. The van der Waals surface area contributed by atoms with Crippen LogP contribution in [0.2, 0.25) is 0 Å². The molecule has 0 spiro atoms. The van der Waals surface area contributed by atoms with Crippen LogP contribution < -0.4 is 0 Å². The summed E-state index contributed by atoms with van der Waals surface area (Å²) in [4.78, 5) is 49.1. The Morgan fingerprint density at radius 3 is 1.73 bits per heavy atom. The highest BCUT2D eigenvalue weighted by Crippen LogP contribution is 2.28. The number of hydrogen-bond acceptors (Lipinski definition) is 8. The van der Waals surface area contributed by atoms with E-state index in [-0.39, 0.29) is 29.5 Å². The number of terminal acetylenes is 1. The Hall–Kier alpha value is -3.34. The van der Waals surface area contributed by atoms with Crippen LogP contribution in [0.25, 0.3) is 0 Å². The Labute approximate surface area is 150 Å². The lowest BCUT2D eigenvalue weighted by atomic mass is 9.89. The van der Waals surface area contributed by atoms with Gasteiger partial charge in [-0.05, 0) is 18.1 Å². The van der Waals surface area contributed by atoms with Crippen molar-refractivity contribution in [3.8, 4) is 12.3 Å². The van der Waals surface area contributed by atoms with E-state index < -0.39 is 35.0 Å². The molecule has 0 aliphatic rings. The zero-order valence-electron chi connectivity index (χ0n) is 14.8. The monoisotopic (exact) mass is 362 g/mol. The smallest absolute Gasteiger partial charge is 0.339 e. The van der Waals surface area contributed by atoms with Crippen molar-refractivity contribution in [1.82, 2.24) is 0 Å². The minimum absolute atomic E-state index is 0.149. The van der Waals surface area contributed by atoms with Crippen LogP contribution in [0.1, 0.15) is 53.4 Å². The van der Waals surface area contributed by atoms with Crippen LogP contribution in [0.4, 0.5) is 0 Å². The second kappa shape index (κ2) is 9.22. The molecule has 0 aliphatic carbocycles. The van der Waals surface area contributed by atoms with Crippen molar-refractivity contribution < 1.29 is 38.1 Å². The Morgan fingerprint density at radius 2 is 1.27 bits per heavy atom. The third kappa shape index (κ3) is 4.00. The fourth-order valence-corrected chi connectivity index (χ4v) is 2.37. The minimum atomic E-state index is -1.02. The predicted molar refractivity (Wildman–Crippen MR) is 89.0 cm³/mol. The van der Waals surface area contributed by atoms with Gasteiger partial charge in [-0.2, -0.15) is 0 Å². The molecule has 138 valence electrons. The number of hydrogen-bond donors (Lipinski definition) is 0. The molecule has 0 aromatic heterocycles. The van der Waals surface area contributed by atoms with Crippen LogP contribution >= 0.6 is 0 Å². The average Bonchev–Trinajstić information content (AvgIpc) is 2.68. The normalized spacial score (nSPS) is 9.65. The van der Waals surface area contributed by atoms with E-state index in [1.165, 1.54) is 6.07 Å². The molecule has 0 unspecified atom stereocenters. The lowest BCUT2D eigenvalue weighted by Gasteiger charge is -2.17. The van der Waals surface area contributed by atoms with Crippen molar-refractivity contribution in [1.29, 1.82) is 0 Å². The van der Waals surface area contributed by atoms with Gasteiger partial charge >= 0.3 is 23.9 Å². The molecule has 8 heteroatoms. The lowest BCUT2D eigenvalue weighted by Crippen LogP contribution is -2.24. The molecule has 0 bridgehead atoms. The van der Waals surface area contributed by atoms with Crippen LogP contribution in [-0.2, 0) is 25.4 Å². The van der Waals surface area contributed by atoms with Gasteiger partial charge in [-0.15, -0.1) is 12.3 Å². The molecule has 0 fully saturated rings. The zero-order valence-corrected chi connectivity index (χ0v) is 14.8. The van der Waals surface area contributed by atoms with E-state index in [1.54, 1.807) is 0 Å². The van der Waals surface area contributed by atoms with E-state index >= 15 is 0 Å². The Kier molecular flexibility index (Phi) is 7.34. The van der Waals surface area contributed by atoms with Crippen LogP contribution in [0, 0.1) is 12.3 Å². The predicted octanol–water partition coefficient (Wildman–Crippen LogP) is 1.40. The number of carbonyl (C=O) groups excluding carboxylic acids is 4. The van der Waals surface area contributed by atoms with E-state index in [0.717, 1.165) is 28.4 Å². The van der Waals surface area contributed by atoms with E-state index in [4.69, 9.17) is 11.2 Å². The van der Waals surface area contributed by atoms with Crippen molar-refractivity contribution in [2.75, 3.05) is 28.4 Å². The lowest BCUT2D eigenvalue weighted by molar-refractivity contribution is 0.0520. The van der Waals surface area contributed by atoms with Gasteiger partial charge in [0.25, 0.3) is 0 Å². The fraction of sp³-hybridized carbons (Fsp3) is 0.333. The molecule has 1 aromatic carbocycles. The van der Waals surface area contributed by atoms with Crippen LogP contribution in [-0.4, -0.2) is 52.3 Å². The second-order valence-electron chi connectivity index (χ2n) is 4.88. The van der Waals surface area contributed by atoms with Crippen LogP contribution in [0.15, 0.2) is 6.07 Å². The first-order valence-corrected chi connectivity index (χ1v) is 7.34. The van der Waals surface area contributed by atoms with Crippen molar-refractivity contribution in [3.05, 3.63) is 33.9 Å². The summed E-state index contributed by atoms with van der Waals surface area (Å²) < 4.78 is 18.7. The standard InChI is InChI=1S/C18H18O8/c1-6-7-8-10-9-11(15(19)23-2)13(17(21)25-4)14(18(22)26-5)12(10)16(20)24-3/h1,9H,7-8H2,2-5H3. The SMILES string of the molecule is C#CCCc1cc(C(=O)OC)c(C(=O)OC)c(C(=O)OC)c1C(=O)OC. The molecule has 26 heavy (non-hydrogen) atoms. The minimum Gasteiger partial charge on any atom is -0.465 e. The highest BCUT2D eigenvalue weighted by molar-refractivity contribution is 6.15. The number of carbonyl (C=O) groups is 4. The highest BCUT2D eigenvalue weighted by Gasteiger charge is 2.34. The molecule has 0 atom stereocenters. The Morgan fingerprint density at radius 1 is 0.808 bits per heavy atom. The molecule has 0 N–H and O–H groups in total. The Balaban J connectivity index is 4.04. The first-order valence-electron chi connectivity index (χ1n) is 7.34. The average molecular weight is 362 g/mol. The largest absolute Gasteiger partial charge is 0.465 e. The van der Waals surface area contributed by atoms with Gasteiger partial charge < -0.3 is 18.9 Å². The van der Waals surface area contributed by atoms with Gasteiger partial charge in [0.2, 0.25) is 0 Å². The maximum atomic E-state index is 12.4. The summed E-state index contributed by atoms with van der Waals surface area (Å²) >= 11 is 0. The number of esters is 4. The molecule has 0 amide bonds. The first kappa shape index (κ1) is 20.7. The van der Waals surface area contributed by atoms with Crippen molar-refractivity contribution in [3.63, 3.8) is 0 Å². The van der Waals surface area contributed by atoms with Crippen LogP contribution in [0.5, 0.6) is 0 Å². The summed E-state index contributed by atoms with van der Waals surface area (Å²) in [6, 6.07) is 1.26. The molecule has 0 radical (unpaired) electrons. The molecule has 0 aliphatic heterocycles. The zero-order chi connectivity index (χ0) is 19.9.